The number of benzene rings is 1. The number of aliphatic hydroxyl groups excluding tert-OH is 1. The summed E-state index contributed by atoms with van der Waals surface area (Å²) in [5, 5.41) is 19.1. The summed E-state index contributed by atoms with van der Waals surface area (Å²) < 4.78 is 47.1. The number of amides is 1. The Kier molecular flexibility index (Phi) is 5.02. The lowest BCUT2D eigenvalue weighted by Crippen LogP contribution is -2.36. The predicted molar refractivity (Wildman–Crippen MR) is 102 cm³/mol. The van der Waals surface area contributed by atoms with Crippen LogP contribution < -0.4 is 10.6 Å². The number of nitrogens with zero attached hydrogens (tertiary/aromatic N) is 2. The number of aromatic nitrogens is 2. The van der Waals surface area contributed by atoms with Gasteiger partial charge in [0.25, 0.3) is 5.91 Å². The fourth-order valence-electron chi connectivity index (χ4n) is 3.48. The van der Waals surface area contributed by atoms with E-state index in [1.54, 1.807) is 43.3 Å². The molecule has 0 fully saturated rings. The van der Waals surface area contributed by atoms with Gasteiger partial charge in [0.15, 0.2) is 6.04 Å². The molecular weight excluding hydrogens is 401 g/mol. The summed E-state index contributed by atoms with van der Waals surface area (Å²) in [7, 11) is 0. The second kappa shape index (κ2) is 7.52. The fraction of sp³-hybridized carbons (Fsp3) is 0.300. The summed E-state index contributed by atoms with van der Waals surface area (Å²) in [5.74, 6) is -0.311. The van der Waals surface area contributed by atoms with Crippen LogP contribution >= 0.6 is 0 Å². The molecule has 3 aromatic rings. The van der Waals surface area contributed by atoms with E-state index >= 15 is 0 Å². The lowest BCUT2D eigenvalue weighted by Gasteiger charge is -2.32. The minimum Gasteiger partial charge on any atom is -0.467 e. The molecule has 0 saturated carbocycles. The molecule has 3 N–H and O–H groups in total. The molecule has 158 valence electrons. The second-order valence-corrected chi connectivity index (χ2v) is 7.11. The Labute approximate surface area is 169 Å². The minimum absolute atomic E-state index is 0.0250. The first-order chi connectivity index (χ1) is 14.2. The molecule has 7 nitrogen and oxygen atoms in total. The van der Waals surface area contributed by atoms with Gasteiger partial charge in [-0.25, -0.2) is 4.68 Å². The number of nitrogens with one attached hydrogen (secondary N) is 2. The number of fused-ring (bicyclic) bond motifs is 1. The van der Waals surface area contributed by atoms with Crippen molar-refractivity contribution in [2.75, 3.05) is 10.6 Å². The number of rotatable bonds is 4. The van der Waals surface area contributed by atoms with E-state index in [1.165, 1.54) is 6.26 Å². The summed E-state index contributed by atoms with van der Waals surface area (Å²) in [5.41, 5.74) is 0.977. The van der Waals surface area contributed by atoms with Gasteiger partial charge in [-0.1, -0.05) is 12.1 Å². The maximum atomic E-state index is 13.7. The van der Waals surface area contributed by atoms with E-state index < -0.39 is 30.3 Å². The van der Waals surface area contributed by atoms with Crippen LogP contribution in [0.2, 0.25) is 0 Å². The van der Waals surface area contributed by atoms with E-state index in [9.17, 15) is 23.1 Å². The van der Waals surface area contributed by atoms with Gasteiger partial charge >= 0.3 is 6.18 Å². The first-order valence-electron chi connectivity index (χ1n) is 9.27. The molecule has 0 radical (unpaired) electrons. The Morgan fingerprint density at radius 3 is 2.83 bits per heavy atom. The van der Waals surface area contributed by atoms with Crippen molar-refractivity contribution in [2.24, 2.45) is 0 Å². The topological polar surface area (TPSA) is 92.3 Å². The van der Waals surface area contributed by atoms with Crippen LogP contribution in [-0.4, -0.2) is 27.0 Å². The zero-order chi connectivity index (χ0) is 21.5. The first kappa shape index (κ1) is 20.0. The number of hydrogen-bond donors (Lipinski definition) is 3. The van der Waals surface area contributed by atoms with Gasteiger partial charge in [0.05, 0.1) is 24.6 Å². The van der Waals surface area contributed by atoms with Crippen molar-refractivity contribution in [3.05, 3.63) is 65.7 Å². The number of furan rings is 1. The quantitative estimate of drug-likeness (QED) is 0.580. The molecule has 3 heterocycles. The van der Waals surface area contributed by atoms with Gasteiger partial charge in [0.1, 0.15) is 17.1 Å². The fourth-order valence-corrected chi connectivity index (χ4v) is 3.48. The van der Waals surface area contributed by atoms with E-state index in [2.05, 4.69) is 15.7 Å². The average Bonchev–Trinajstić information content (AvgIpc) is 3.36. The highest BCUT2D eigenvalue weighted by molar-refractivity contribution is 6.07. The summed E-state index contributed by atoms with van der Waals surface area (Å²) >= 11 is 0. The van der Waals surface area contributed by atoms with Crippen molar-refractivity contribution in [2.45, 2.75) is 37.7 Å². The Morgan fingerprint density at radius 1 is 1.37 bits per heavy atom. The zero-order valence-electron chi connectivity index (χ0n) is 15.8. The number of aliphatic hydroxyl groups is 1. The van der Waals surface area contributed by atoms with E-state index in [1.807, 2.05) is 0 Å². The molecule has 0 spiro atoms. The highest BCUT2D eigenvalue weighted by Gasteiger charge is 2.47. The summed E-state index contributed by atoms with van der Waals surface area (Å²) in [4.78, 5) is 12.8. The number of anilines is 2. The third kappa shape index (κ3) is 3.78. The van der Waals surface area contributed by atoms with Gasteiger partial charge in [-0.2, -0.15) is 18.3 Å². The summed E-state index contributed by atoms with van der Waals surface area (Å²) in [6, 6.07) is 7.09. The van der Waals surface area contributed by atoms with Crippen molar-refractivity contribution >= 4 is 17.4 Å². The van der Waals surface area contributed by atoms with Crippen LogP contribution in [-0.2, 0) is 0 Å². The number of alkyl halides is 3. The molecule has 0 aliphatic carbocycles. The average molecular weight is 420 g/mol. The standard InChI is InChI=1S/C20H19F3N4O3/c1-11(28)12-4-2-5-13(8-12)25-19(29)14-10-24-27-17(20(21,22)23)9-15(26-18(14)27)16-6-3-7-30-16/h2-8,10-11,15,17,26,28H,9H2,1H3,(H,25,29)/t11-,15-,17-/m1/s1. The Morgan fingerprint density at radius 2 is 2.17 bits per heavy atom. The molecule has 1 aliphatic heterocycles. The summed E-state index contributed by atoms with van der Waals surface area (Å²) in [6.45, 7) is 1.59. The number of carbonyl (C=O) groups is 1. The smallest absolute Gasteiger partial charge is 0.410 e. The zero-order valence-corrected chi connectivity index (χ0v) is 15.8. The van der Waals surface area contributed by atoms with Crippen LogP contribution in [0.5, 0.6) is 0 Å². The Bertz CT molecular complexity index is 1040. The van der Waals surface area contributed by atoms with Crippen molar-refractivity contribution < 1.29 is 27.5 Å². The van der Waals surface area contributed by atoms with Crippen LogP contribution in [0.4, 0.5) is 24.7 Å². The highest BCUT2D eigenvalue weighted by atomic mass is 19.4. The minimum atomic E-state index is -4.55. The second-order valence-electron chi connectivity index (χ2n) is 7.11. The van der Waals surface area contributed by atoms with Gasteiger partial charge < -0.3 is 20.2 Å². The van der Waals surface area contributed by atoms with Gasteiger partial charge in [-0.15, -0.1) is 0 Å². The van der Waals surface area contributed by atoms with E-state index in [-0.39, 0.29) is 17.8 Å². The van der Waals surface area contributed by atoms with Gasteiger partial charge in [0, 0.05) is 12.1 Å². The molecule has 0 unspecified atom stereocenters. The normalized spacial score (nSPS) is 19.6. The molecule has 0 saturated heterocycles. The molecule has 10 heteroatoms. The van der Waals surface area contributed by atoms with Gasteiger partial charge in [0.2, 0.25) is 0 Å². The highest BCUT2D eigenvalue weighted by Crippen LogP contribution is 2.44. The summed E-state index contributed by atoms with van der Waals surface area (Å²) in [6.07, 6.45) is -3.10. The molecule has 1 aromatic carbocycles. The maximum absolute atomic E-state index is 13.7. The van der Waals surface area contributed by atoms with E-state index in [0.717, 1.165) is 10.9 Å². The molecular formula is C20H19F3N4O3. The Hall–Kier alpha value is -3.27. The third-order valence-electron chi connectivity index (χ3n) is 5.00. The van der Waals surface area contributed by atoms with Crippen molar-refractivity contribution in [3.8, 4) is 0 Å². The lowest BCUT2D eigenvalue weighted by atomic mass is 10.0. The van der Waals surface area contributed by atoms with Gasteiger partial charge in [-0.3, -0.25) is 4.79 Å². The van der Waals surface area contributed by atoms with Crippen LogP contribution in [0.1, 0.15) is 53.2 Å². The Balaban J connectivity index is 1.66. The number of carbonyl (C=O) groups excluding carboxylic acids is 1. The van der Waals surface area contributed by atoms with Crippen molar-refractivity contribution in [1.29, 1.82) is 0 Å². The molecule has 1 amide bonds. The maximum Gasteiger partial charge on any atom is 0.410 e. The first-order valence-corrected chi connectivity index (χ1v) is 9.27. The molecule has 3 atom stereocenters. The van der Waals surface area contributed by atoms with Crippen molar-refractivity contribution in [1.82, 2.24) is 9.78 Å². The molecule has 4 rings (SSSR count). The van der Waals surface area contributed by atoms with E-state index in [4.69, 9.17) is 4.42 Å². The van der Waals surface area contributed by atoms with Crippen molar-refractivity contribution in [3.63, 3.8) is 0 Å². The monoisotopic (exact) mass is 420 g/mol. The number of hydrogen-bond acceptors (Lipinski definition) is 5. The van der Waals surface area contributed by atoms with Crippen LogP contribution in [0.15, 0.2) is 53.3 Å². The molecule has 30 heavy (non-hydrogen) atoms. The SMILES string of the molecule is C[C@@H](O)c1cccc(NC(=O)c2cnn3c2N[C@@H](c2ccco2)C[C@@H]3C(F)(F)F)c1. The lowest BCUT2D eigenvalue weighted by molar-refractivity contribution is -0.174. The van der Waals surface area contributed by atoms with Crippen LogP contribution in [0.25, 0.3) is 0 Å². The third-order valence-corrected chi connectivity index (χ3v) is 5.00. The van der Waals surface area contributed by atoms with E-state index in [0.29, 0.717) is 17.0 Å². The number of halogens is 3. The van der Waals surface area contributed by atoms with Gasteiger partial charge in [-0.05, 0) is 36.8 Å². The molecule has 1 aliphatic rings. The largest absolute Gasteiger partial charge is 0.467 e. The molecule has 0 bridgehead atoms. The van der Waals surface area contributed by atoms with Crippen LogP contribution in [0, 0.1) is 0 Å². The predicted octanol–water partition coefficient (Wildman–Crippen LogP) is 4.44. The molecule has 2 aromatic heterocycles. The van der Waals surface area contributed by atoms with Crippen LogP contribution in [0.3, 0.4) is 0 Å².